The number of nitrogens with two attached hydrogens (primary N) is 1. The van der Waals surface area contributed by atoms with Crippen LogP contribution in [-0.4, -0.2) is 19.0 Å². The molecule has 1 amide bonds. The lowest BCUT2D eigenvalue weighted by Gasteiger charge is -2.17. The van der Waals surface area contributed by atoms with Gasteiger partial charge in [-0.15, -0.1) is 0 Å². The lowest BCUT2D eigenvalue weighted by atomic mass is 10.1. The lowest BCUT2D eigenvalue weighted by molar-refractivity contribution is 0.0963. The van der Waals surface area contributed by atoms with Gasteiger partial charge < -0.3 is 16.4 Å². The van der Waals surface area contributed by atoms with E-state index in [1.807, 2.05) is 6.07 Å². The summed E-state index contributed by atoms with van der Waals surface area (Å²) in [5, 5.41) is 6.02. The van der Waals surface area contributed by atoms with Crippen LogP contribution in [0.15, 0.2) is 18.2 Å². The number of amides is 1. The van der Waals surface area contributed by atoms with E-state index in [1.165, 1.54) is 25.7 Å². The first-order valence-corrected chi connectivity index (χ1v) is 7.46. The summed E-state index contributed by atoms with van der Waals surface area (Å²) in [6.07, 6.45) is 6.15. The summed E-state index contributed by atoms with van der Waals surface area (Å²) in [6.45, 7) is 4.37. The molecule has 0 heterocycles. The summed E-state index contributed by atoms with van der Waals surface area (Å²) >= 11 is 0. The Morgan fingerprint density at radius 3 is 2.70 bits per heavy atom. The number of carbonyl (C=O) groups is 1. The second kappa shape index (κ2) is 8.46. The van der Waals surface area contributed by atoms with Crippen molar-refractivity contribution in [1.82, 2.24) is 5.32 Å². The summed E-state index contributed by atoms with van der Waals surface area (Å²) in [4.78, 5) is 11.6. The van der Waals surface area contributed by atoms with E-state index in [4.69, 9.17) is 5.73 Å². The minimum atomic E-state index is -0.0938. The highest BCUT2D eigenvalue weighted by Gasteiger charge is 2.09. The highest BCUT2D eigenvalue weighted by atomic mass is 16.1. The standard InChI is InChI=1S/C16H27N3O/c1-4-5-6-7-8-12(2)19-15-11-13(16(20)18-3)9-10-14(15)17/h9-12,19H,4-8,17H2,1-3H3,(H,18,20). The zero-order valence-corrected chi connectivity index (χ0v) is 12.8. The van der Waals surface area contributed by atoms with Crippen molar-refractivity contribution in [2.24, 2.45) is 0 Å². The van der Waals surface area contributed by atoms with Gasteiger partial charge in [-0.3, -0.25) is 4.79 Å². The number of unbranched alkanes of at least 4 members (excludes halogenated alkanes) is 3. The minimum absolute atomic E-state index is 0.0938. The predicted molar refractivity (Wildman–Crippen MR) is 86.1 cm³/mol. The molecular formula is C16H27N3O. The van der Waals surface area contributed by atoms with Gasteiger partial charge >= 0.3 is 0 Å². The van der Waals surface area contributed by atoms with Gasteiger partial charge in [-0.1, -0.05) is 32.6 Å². The van der Waals surface area contributed by atoms with Crippen LogP contribution in [0.25, 0.3) is 0 Å². The summed E-state index contributed by atoms with van der Waals surface area (Å²) in [5.74, 6) is -0.0938. The fraction of sp³-hybridized carbons (Fsp3) is 0.562. The number of benzene rings is 1. The van der Waals surface area contributed by atoms with Crippen molar-refractivity contribution in [2.45, 2.75) is 52.0 Å². The molecule has 0 aliphatic carbocycles. The molecule has 0 spiro atoms. The molecule has 20 heavy (non-hydrogen) atoms. The lowest BCUT2D eigenvalue weighted by Crippen LogP contribution is -2.20. The number of nitrogens with one attached hydrogen (secondary N) is 2. The van der Waals surface area contributed by atoms with Crippen LogP contribution in [0.3, 0.4) is 0 Å². The molecule has 0 aromatic heterocycles. The fourth-order valence-corrected chi connectivity index (χ4v) is 2.18. The number of rotatable bonds is 8. The maximum absolute atomic E-state index is 11.6. The Hall–Kier alpha value is -1.71. The highest BCUT2D eigenvalue weighted by molar-refractivity contribution is 5.96. The van der Waals surface area contributed by atoms with Gasteiger partial charge in [-0.2, -0.15) is 0 Å². The summed E-state index contributed by atoms with van der Waals surface area (Å²) in [7, 11) is 1.63. The molecule has 0 bridgehead atoms. The molecule has 0 saturated heterocycles. The summed E-state index contributed by atoms with van der Waals surface area (Å²) in [6, 6.07) is 5.69. The Balaban J connectivity index is 2.59. The monoisotopic (exact) mass is 277 g/mol. The third kappa shape index (κ3) is 5.11. The molecule has 1 aromatic carbocycles. The first kappa shape index (κ1) is 16.3. The van der Waals surface area contributed by atoms with Crippen LogP contribution in [0.2, 0.25) is 0 Å². The van der Waals surface area contributed by atoms with Crippen LogP contribution >= 0.6 is 0 Å². The van der Waals surface area contributed by atoms with Crippen molar-refractivity contribution in [1.29, 1.82) is 0 Å². The molecular weight excluding hydrogens is 250 g/mol. The fourth-order valence-electron chi connectivity index (χ4n) is 2.18. The Labute approximate surface area is 122 Å². The number of carbonyl (C=O) groups excluding carboxylic acids is 1. The Morgan fingerprint density at radius 2 is 2.05 bits per heavy atom. The van der Waals surface area contributed by atoms with Crippen molar-refractivity contribution >= 4 is 17.3 Å². The zero-order valence-electron chi connectivity index (χ0n) is 12.8. The molecule has 4 N–H and O–H groups in total. The first-order valence-electron chi connectivity index (χ1n) is 7.46. The molecule has 1 aromatic rings. The average molecular weight is 277 g/mol. The van der Waals surface area contributed by atoms with Gasteiger partial charge in [0.15, 0.2) is 0 Å². The summed E-state index contributed by atoms with van der Waals surface area (Å²) < 4.78 is 0. The predicted octanol–water partition coefficient (Wildman–Crippen LogP) is 3.40. The van der Waals surface area contributed by atoms with Gasteiger partial charge in [0.1, 0.15) is 0 Å². The normalized spacial score (nSPS) is 11.9. The van der Waals surface area contributed by atoms with E-state index in [9.17, 15) is 4.79 Å². The second-order valence-electron chi connectivity index (χ2n) is 5.28. The number of nitrogen functional groups attached to an aromatic ring is 1. The minimum Gasteiger partial charge on any atom is -0.397 e. The number of anilines is 2. The zero-order chi connectivity index (χ0) is 15.0. The Morgan fingerprint density at radius 1 is 1.30 bits per heavy atom. The molecule has 1 unspecified atom stereocenters. The van der Waals surface area contributed by atoms with E-state index >= 15 is 0 Å². The maximum Gasteiger partial charge on any atom is 0.251 e. The van der Waals surface area contributed by atoms with Gasteiger partial charge in [0.25, 0.3) is 5.91 Å². The van der Waals surface area contributed by atoms with Crippen molar-refractivity contribution in [3.8, 4) is 0 Å². The van der Waals surface area contributed by atoms with Crippen LogP contribution in [0.5, 0.6) is 0 Å². The third-order valence-corrected chi connectivity index (χ3v) is 3.44. The molecule has 0 radical (unpaired) electrons. The Bertz CT molecular complexity index is 432. The van der Waals surface area contributed by atoms with E-state index in [2.05, 4.69) is 24.5 Å². The molecule has 0 saturated carbocycles. The molecule has 0 fully saturated rings. The van der Waals surface area contributed by atoms with E-state index in [0.717, 1.165) is 12.1 Å². The number of hydrogen-bond acceptors (Lipinski definition) is 3. The van der Waals surface area contributed by atoms with E-state index in [-0.39, 0.29) is 5.91 Å². The van der Waals surface area contributed by atoms with E-state index in [1.54, 1.807) is 19.2 Å². The van der Waals surface area contributed by atoms with Gasteiger partial charge in [0.05, 0.1) is 11.4 Å². The maximum atomic E-state index is 11.6. The highest BCUT2D eigenvalue weighted by Crippen LogP contribution is 2.22. The smallest absolute Gasteiger partial charge is 0.251 e. The van der Waals surface area contributed by atoms with Crippen molar-refractivity contribution in [3.05, 3.63) is 23.8 Å². The van der Waals surface area contributed by atoms with Crippen molar-refractivity contribution in [2.75, 3.05) is 18.1 Å². The van der Waals surface area contributed by atoms with Gasteiger partial charge in [0.2, 0.25) is 0 Å². The van der Waals surface area contributed by atoms with Crippen LogP contribution in [0.4, 0.5) is 11.4 Å². The van der Waals surface area contributed by atoms with Gasteiger partial charge in [-0.25, -0.2) is 0 Å². The third-order valence-electron chi connectivity index (χ3n) is 3.44. The first-order chi connectivity index (χ1) is 9.58. The number of hydrogen-bond donors (Lipinski definition) is 3. The van der Waals surface area contributed by atoms with Crippen LogP contribution < -0.4 is 16.4 Å². The molecule has 1 atom stereocenters. The molecule has 0 aliphatic heterocycles. The van der Waals surface area contributed by atoms with Crippen LogP contribution in [-0.2, 0) is 0 Å². The van der Waals surface area contributed by atoms with Crippen LogP contribution in [0, 0.1) is 0 Å². The Kier molecular flexibility index (Phi) is 6.91. The van der Waals surface area contributed by atoms with Gasteiger partial charge in [-0.05, 0) is 31.5 Å². The molecule has 1 rings (SSSR count). The van der Waals surface area contributed by atoms with Crippen LogP contribution in [0.1, 0.15) is 56.3 Å². The van der Waals surface area contributed by atoms with E-state index in [0.29, 0.717) is 17.3 Å². The average Bonchev–Trinajstić information content (AvgIpc) is 2.45. The van der Waals surface area contributed by atoms with Crippen molar-refractivity contribution < 1.29 is 4.79 Å². The molecule has 0 aliphatic rings. The van der Waals surface area contributed by atoms with Crippen molar-refractivity contribution in [3.63, 3.8) is 0 Å². The SMILES string of the molecule is CCCCCCC(C)Nc1cc(C(=O)NC)ccc1N. The largest absolute Gasteiger partial charge is 0.397 e. The van der Waals surface area contributed by atoms with E-state index < -0.39 is 0 Å². The molecule has 4 nitrogen and oxygen atoms in total. The molecule has 4 heteroatoms. The molecule has 112 valence electrons. The quantitative estimate of drug-likeness (QED) is 0.504. The van der Waals surface area contributed by atoms with Gasteiger partial charge in [0, 0.05) is 18.7 Å². The topological polar surface area (TPSA) is 67.2 Å². The summed E-state index contributed by atoms with van der Waals surface area (Å²) in [5.41, 5.74) is 8.11. The second-order valence-corrected chi connectivity index (χ2v) is 5.28.